The minimum Gasteiger partial charge on any atom is -0.357 e. The van der Waals surface area contributed by atoms with Crippen molar-refractivity contribution in [2.24, 2.45) is 12.0 Å². The first-order valence-electron chi connectivity index (χ1n) is 8.75. The molecule has 0 aliphatic rings. The van der Waals surface area contributed by atoms with E-state index in [1.165, 1.54) is 24.8 Å². The standard InChI is InChI=1S/C18H33N5.HI/c1-5-7-8-9-10-14-22(3)18(19-6-2)20-13-11-12-17-15-21-23(4)16-17;/h5,15-16H,1,6-14H2,2-4H3,(H,19,20);1H. The van der Waals surface area contributed by atoms with Gasteiger partial charge in [0.15, 0.2) is 5.96 Å². The number of aryl methyl sites for hydroxylation is 2. The van der Waals surface area contributed by atoms with E-state index in [2.05, 4.69) is 42.1 Å². The summed E-state index contributed by atoms with van der Waals surface area (Å²) in [5.74, 6) is 1.02. The van der Waals surface area contributed by atoms with E-state index in [0.29, 0.717) is 0 Å². The predicted octanol–water partition coefficient (Wildman–Crippen LogP) is 3.61. The number of aliphatic imine (C=N–C) groups is 1. The number of aromatic nitrogens is 2. The average Bonchev–Trinajstić information content (AvgIpc) is 2.95. The number of unbranched alkanes of at least 4 members (excludes halogenated alkanes) is 3. The number of hydrogen-bond acceptors (Lipinski definition) is 2. The van der Waals surface area contributed by atoms with Crippen molar-refractivity contribution in [2.75, 3.05) is 26.7 Å². The van der Waals surface area contributed by atoms with Gasteiger partial charge in [-0.3, -0.25) is 9.67 Å². The summed E-state index contributed by atoms with van der Waals surface area (Å²) >= 11 is 0. The van der Waals surface area contributed by atoms with Gasteiger partial charge in [-0.15, -0.1) is 30.6 Å². The van der Waals surface area contributed by atoms with Crippen LogP contribution in [0.1, 0.15) is 44.6 Å². The first kappa shape index (κ1) is 22.9. The number of nitrogens with zero attached hydrogens (tertiary/aromatic N) is 4. The molecule has 0 amide bonds. The van der Waals surface area contributed by atoms with Crippen molar-refractivity contribution in [3.05, 3.63) is 30.6 Å². The van der Waals surface area contributed by atoms with Crippen molar-refractivity contribution in [2.45, 2.75) is 45.4 Å². The maximum atomic E-state index is 4.74. The Hall–Kier alpha value is -1.05. The Morgan fingerprint density at radius 3 is 2.79 bits per heavy atom. The molecule has 1 aromatic heterocycles. The summed E-state index contributed by atoms with van der Waals surface area (Å²) in [4.78, 5) is 6.98. The Bertz CT molecular complexity index is 470. The molecule has 1 aromatic rings. The van der Waals surface area contributed by atoms with E-state index >= 15 is 0 Å². The Kier molecular flexibility index (Phi) is 13.7. The number of guanidine groups is 1. The lowest BCUT2D eigenvalue weighted by Gasteiger charge is -2.22. The Labute approximate surface area is 164 Å². The summed E-state index contributed by atoms with van der Waals surface area (Å²) in [7, 11) is 4.07. The molecule has 1 heterocycles. The fourth-order valence-electron chi connectivity index (χ4n) is 2.46. The van der Waals surface area contributed by atoms with Gasteiger partial charge >= 0.3 is 0 Å². The highest BCUT2D eigenvalue weighted by atomic mass is 127. The fraction of sp³-hybridized carbons (Fsp3) is 0.667. The SMILES string of the molecule is C=CCCCCCN(C)C(=NCCCc1cnn(C)c1)NCC.I. The lowest BCUT2D eigenvalue weighted by molar-refractivity contribution is 0.455. The molecule has 0 aromatic carbocycles. The molecule has 24 heavy (non-hydrogen) atoms. The van der Waals surface area contributed by atoms with Crippen molar-refractivity contribution < 1.29 is 0 Å². The molecule has 0 fully saturated rings. The van der Waals surface area contributed by atoms with Crippen LogP contribution in [0.25, 0.3) is 0 Å². The second kappa shape index (κ2) is 14.3. The lowest BCUT2D eigenvalue weighted by Crippen LogP contribution is -2.39. The van der Waals surface area contributed by atoms with E-state index in [0.717, 1.165) is 44.9 Å². The van der Waals surface area contributed by atoms with Crippen molar-refractivity contribution in [1.82, 2.24) is 20.0 Å². The smallest absolute Gasteiger partial charge is 0.193 e. The Balaban J connectivity index is 0.00000529. The third kappa shape index (κ3) is 9.95. The monoisotopic (exact) mass is 447 g/mol. The van der Waals surface area contributed by atoms with Crippen LogP contribution in [-0.4, -0.2) is 47.3 Å². The highest BCUT2D eigenvalue weighted by Crippen LogP contribution is 2.03. The zero-order valence-corrected chi connectivity index (χ0v) is 17.8. The molecular formula is C18H34IN5. The van der Waals surface area contributed by atoms with E-state index in [4.69, 9.17) is 4.99 Å². The van der Waals surface area contributed by atoms with Gasteiger partial charge in [0.25, 0.3) is 0 Å². The molecule has 0 atom stereocenters. The van der Waals surface area contributed by atoms with Crippen LogP contribution in [0.5, 0.6) is 0 Å². The van der Waals surface area contributed by atoms with Gasteiger partial charge in [0.2, 0.25) is 0 Å². The number of hydrogen-bond donors (Lipinski definition) is 1. The average molecular weight is 447 g/mol. The molecule has 0 aliphatic heterocycles. The number of allylic oxidation sites excluding steroid dienone is 1. The number of nitrogens with one attached hydrogen (secondary N) is 1. The van der Waals surface area contributed by atoms with Gasteiger partial charge in [0, 0.05) is 39.9 Å². The zero-order chi connectivity index (χ0) is 16.9. The van der Waals surface area contributed by atoms with Crippen LogP contribution in [0.3, 0.4) is 0 Å². The molecule has 1 rings (SSSR count). The van der Waals surface area contributed by atoms with E-state index in [9.17, 15) is 0 Å². The van der Waals surface area contributed by atoms with Crippen molar-refractivity contribution in [3.63, 3.8) is 0 Å². The third-order valence-electron chi connectivity index (χ3n) is 3.74. The molecule has 1 N–H and O–H groups in total. The summed E-state index contributed by atoms with van der Waals surface area (Å²) in [5.41, 5.74) is 1.28. The first-order valence-corrected chi connectivity index (χ1v) is 8.75. The van der Waals surface area contributed by atoms with Crippen LogP contribution in [0.4, 0.5) is 0 Å². The van der Waals surface area contributed by atoms with Crippen LogP contribution >= 0.6 is 24.0 Å². The topological polar surface area (TPSA) is 45.5 Å². The molecule has 5 nitrogen and oxygen atoms in total. The van der Waals surface area contributed by atoms with Gasteiger partial charge < -0.3 is 10.2 Å². The van der Waals surface area contributed by atoms with E-state index in [1.54, 1.807) is 0 Å². The molecule has 0 radical (unpaired) electrons. The summed E-state index contributed by atoms with van der Waals surface area (Å²) in [6, 6.07) is 0. The number of rotatable bonds is 11. The second-order valence-electron chi connectivity index (χ2n) is 5.92. The van der Waals surface area contributed by atoms with Gasteiger partial charge in [0.05, 0.1) is 6.20 Å². The second-order valence-corrected chi connectivity index (χ2v) is 5.92. The van der Waals surface area contributed by atoms with Gasteiger partial charge in [0.1, 0.15) is 0 Å². The van der Waals surface area contributed by atoms with Gasteiger partial charge in [-0.2, -0.15) is 5.10 Å². The van der Waals surface area contributed by atoms with Crippen LogP contribution in [0, 0.1) is 0 Å². The molecular weight excluding hydrogens is 413 g/mol. The Morgan fingerprint density at radius 1 is 1.38 bits per heavy atom. The van der Waals surface area contributed by atoms with E-state index < -0.39 is 0 Å². The maximum Gasteiger partial charge on any atom is 0.193 e. The van der Waals surface area contributed by atoms with E-state index in [1.807, 2.05) is 24.0 Å². The third-order valence-corrected chi connectivity index (χ3v) is 3.74. The number of halogens is 1. The quantitative estimate of drug-likeness (QED) is 0.185. The highest BCUT2D eigenvalue weighted by Gasteiger charge is 2.05. The normalized spacial score (nSPS) is 11.0. The summed E-state index contributed by atoms with van der Waals surface area (Å²) in [5, 5.41) is 7.58. The van der Waals surface area contributed by atoms with Gasteiger partial charge in [-0.05, 0) is 44.6 Å². The fourth-order valence-corrected chi connectivity index (χ4v) is 2.46. The molecule has 0 saturated carbocycles. The predicted molar refractivity (Wildman–Crippen MR) is 114 cm³/mol. The minimum atomic E-state index is 0. The van der Waals surface area contributed by atoms with Crippen molar-refractivity contribution in [3.8, 4) is 0 Å². The van der Waals surface area contributed by atoms with Crippen LogP contribution in [0.15, 0.2) is 30.0 Å². The van der Waals surface area contributed by atoms with Gasteiger partial charge in [-0.25, -0.2) is 0 Å². The maximum absolute atomic E-state index is 4.74. The summed E-state index contributed by atoms with van der Waals surface area (Å²) in [6.45, 7) is 8.68. The largest absolute Gasteiger partial charge is 0.357 e. The molecule has 6 heteroatoms. The van der Waals surface area contributed by atoms with Crippen LogP contribution in [-0.2, 0) is 13.5 Å². The molecule has 0 bridgehead atoms. The van der Waals surface area contributed by atoms with E-state index in [-0.39, 0.29) is 24.0 Å². The molecule has 0 unspecified atom stereocenters. The van der Waals surface area contributed by atoms with Crippen LogP contribution < -0.4 is 5.32 Å². The molecule has 0 saturated heterocycles. The Morgan fingerprint density at radius 2 is 2.17 bits per heavy atom. The lowest BCUT2D eigenvalue weighted by atomic mass is 10.2. The first-order chi connectivity index (χ1) is 11.2. The molecule has 0 aliphatic carbocycles. The summed E-state index contributed by atoms with van der Waals surface area (Å²) < 4.78 is 1.85. The molecule has 138 valence electrons. The molecule has 0 spiro atoms. The highest BCUT2D eigenvalue weighted by molar-refractivity contribution is 14.0. The minimum absolute atomic E-state index is 0. The van der Waals surface area contributed by atoms with Crippen LogP contribution in [0.2, 0.25) is 0 Å². The zero-order valence-electron chi connectivity index (χ0n) is 15.5. The van der Waals surface area contributed by atoms with Crippen molar-refractivity contribution >= 4 is 29.9 Å². The van der Waals surface area contributed by atoms with Gasteiger partial charge in [-0.1, -0.05) is 12.5 Å². The summed E-state index contributed by atoms with van der Waals surface area (Å²) in [6.07, 6.45) is 12.9. The van der Waals surface area contributed by atoms with Crippen molar-refractivity contribution in [1.29, 1.82) is 0 Å².